The van der Waals surface area contributed by atoms with Crippen molar-refractivity contribution in [2.45, 2.75) is 24.7 Å². The first-order valence-electron chi connectivity index (χ1n) is 12.6. The average molecular weight is 628 g/mol. The molecule has 0 aliphatic carbocycles. The third-order valence-electron chi connectivity index (χ3n) is 6.93. The highest BCUT2D eigenvalue weighted by atomic mass is 19.4. The standard InChI is InChI=1S/C32H16F12/c33-29(34,35)21-9-1-5-17(13-21)24-16-20-8-4-12-25(32(42,43)44)27(20)28(19-7-3-11-23(15-19)31(39,40)41)26(24)18-6-2-10-22(14-18)30(36,37)38/h1-16H. The van der Waals surface area contributed by atoms with Gasteiger partial charge in [0.05, 0.1) is 22.3 Å². The van der Waals surface area contributed by atoms with E-state index in [-0.39, 0.29) is 22.1 Å². The zero-order valence-corrected chi connectivity index (χ0v) is 21.8. The van der Waals surface area contributed by atoms with E-state index in [9.17, 15) is 52.7 Å². The highest BCUT2D eigenvalue weighted by molar-refractivity contribution is 6.11. The lowest BCUT2D eigenvalue weighted by atomic mass is 9.81. The van der Waals surface area contributed by atoms with Crippen LogP contribution in [0.1, 0.15) is 22.3 Å². The first-order valence-corrected chi connectivity index (χ1v) is 12.6. The molecule has 0 unspecified atom stereocenters. The molecule has 5 aromatic carbocycles. The van der Waals surface area contributed by atoms with Gasteiger partial charge in [-0.15, -0.1) is 0 Å². The van der Waals surface area contributed by atoms with Gasteiger partial charge in [-0.1, -0.05) is 48.5 Å². The van der Waals surface area contributed by atoms with Crippen molar-refractivity contribution in [1.82, 2.24) is 0 Å². The molecule has 0 saturated heterocycles. The number of hydrogen-bond donors (Lipinski definition) is 0. The van der Waals surface area contributed by atoms with Gasteiger partial charge in [0.2, 0.25) is 0 Å². The van der Waals surface area contributed by atoms with Crippen LogP contribution in [-0.2, 0) is 24.7 Å². The predicted molar refractivity (Wildman–Crippen MR) is 140 cm³/mol. The fraction of sp³-hybridized carbons (Fsp3) is 0.125. The van der Waals surface area contributed by atoms with Gasteiger partial charge >= 0.3 is 24.7 Å². The van der Waals surface area contributed by atoms with Crippen molar-refractivity contribution in [1.29, 1.82) is 0 Å². The number of benzene rings is 5. The third kappa shape index (κ3) is 5.97. The van der Waals surface area contributed by atoms with Crippen LogP contribution in [0.5, 0.6) is 0 Å². The second-order valence-electron chi connectivity index (χ2n) is 9.81. The summed E-state index contributed by atoms with van der Waals surface area (Å²) in [7, 11) is 0. The molecule has 0 spiro atoms. The molecule has 0 aromatic heterocycles. The Morgan fingerprint density at radius 3 is 1.23 bits per heavy atom. The van der Waals surface area contributed by atoms with Gasteiger partial charge in [-0.05, 0) is 87.3 Å². The summed E-state index contributed by atoms with van der Waals surface area (Å²) in [6, 6.07) is 14.1. The van der Waals surface area contributed by atoms with E-state index in [1.165, 1.54) is 12.1 Å². The number of rotatable bonds is 3. The fourth-order valence-electron chi connectivity index (χ4n) is 5.07. The van der Waals surface area contributed by atoms with E-state index in [0.29, 0.717) is 36.4 Å². The van der Waals surface area contributed by atoms with Crippen LogP contribution in [0.4, 0.5) is 52.7 Å². The van der Waals surface area contributed by atoms with Gasteiger partial charge in [0.1, 0.15) is 0 Å². The zero-order valence-electron chi connectivity index (χ0n) is 21.8. The monoisotopic (exact) mass is 628 g/mol. The topological polar surface area (TPSA) is 0 Å². The molecule has 44 heavy (non-hydrogen) atoms. The van der Waals surface area contributed by atoms with Gasteiger partial charge in [0.15, 0.2) is 0 Å². The summed E-state index contributed by atoms with van der Waals surface area (Å²) in [5.41, 5.74) is -7.18. The Bertz CT molecular complexity index is 1860. The molecular weight excluding hydrogens is 612 g/mol. The molecule has 0 nitrogen and oxygen atoms in total. The lowest BCUT2D eigenvalue weighted by Crippen LogP contribution is -2.09. The first-order chi connectivity index (χ1) is 20.4. The highest BCUT2D eigenvalue weighted by Gasteiger charge is 2.37. The molecule has 0 aliphatic rings. The summed E-state index contributed by atoms with van der Waals surface area (Å²) in [4.78, 5) is 0. The van der Waals surface area contributed by atoms with Crippen molar-refractivity contribution >= 4 is 10.8 Å². The van der Waals surface area contributed by atoms with E-state index in [1.54, 1.807) is 0 Å². The Morgan fingerprint density at radius 1 is 0.364 bits per heavy atom. The smallest absolute Gasteiger partial charge is 0.166 e. The number of hydrogen-bond acceptors (Lipinski definition) is 0. The zero-order chi connectivity index (χ0) is 32.2. The van der Waals surface area contributed by atoms with Crippen LogP contribution < -0.4 is 0 Å². The van der Waals surface area contributed by atoms with Crippen molar-refractivity contribution in [2.24, 2.45) is 0 Å². The molecule has 0 heterocycles. The molecule has 0 aliphatic heterocycles. The number of alkyl halides is 12. The Morgan fingerprint density at radius 2 is 0.773 bits per heavy atom. The minimum atomic E-state index is -5.07. The molecule has 5 aromatic rings. The van der Waals surface area contributed by atoms with E-state index in [0.717, 1.165) is 48.5 Å². The lowest BCUT2D eigenvalue weighted by Gasteiger charge is -2.23. The molecule has 0 N–H and O–H groups in total. The van der Waals surface area contributed by atoms with Gasteiger partial charge in [-0.25, -0.2) is 0 Å². The summed E-state index contributed by atoms with van der Waals surface area (Å²) >= 11 is 0. The Balaban J connectivity index is 2.04. The minimum absolute atomic E-state index is 0.213. The largest absolute Gasteiger partial charge is 0.417 e. The average Bonchev–Trinajstić information content (AvgIpc) is 2.94. The van der Waals surface area contributed by atoms with Crippen LogP contribution in [0.3, 0.4) is 0 Å². The maximum atomic E-state index is 14.4. The fourth-order valence-corrected chi connectivity index (χ4v) is 5.07. The molecule has 0 fully saturated rings. The van der Waals surface area contributed by atoms with Crippen molar-refractivity contribution in [3.63, 3.8) is 0 Å². The van der Waals surface area contributed by atoms with E-state index < -0.39 is 69.0 Å². The second kappa shape index (κ2) is 10.6. The van der Waals surface area contributed by atoms with Gasteiger partial charge in [0, 0.05) is 5.39 Å². The molecule has 0 bridgehead atoms. The van der Waals surface area contributed by atoms with Gasteiger partial charge in [-0.3, -0.25) is 0 Å². The van der Waals surface area contributed by atoms with Gasteiger partial charge in [-0.2, -0.15) is 52.7 Å². The maximum absolute atomic E-state index is 14.4. The molecule has 0 amide bonds. The summed E-state index contributed by atoms with van der Waals surface area (Å²) in [6.45, 7) is 0. The first kappa shape index (κ1) is 31.0. The van der Waals surface area contributed by atoms with E-state index in [2.05, 4.69) is 0 Å². The third-order valence-corrected chi connectivity index (χ3v) is 6.93. The maximum Gasteiger partial charge on any atom is 0.417 e. The lowest BCUT2D eigenvalue weighted by molar-refractivity contribution is -0.138. The Hall–Kier alpha value is -4.48. The molecular formula is C32H16F12. The molecule has 228 valence electrons. The Kier molecular flexibility index (Phi) is 7.46. The summed E-state index contributed by atoms with van der Waals surface area (Å²) in [5.74, 6) is 0. The molecule has 0 saturated carbocycles. The van der Waals surface area contributed by atoms with Crippen LogP contribution in [0, 0.1) is 0 Å². The Labute approximate surface area is 241 Å². The van der Waals surface area contributed by atoms with Crippen LogP contribution in [0.2, 0.25) is 0 Å². The van der Waals surface area contributed by atoms with Crippen LogP contribution >= 0.6 is 0 Å². The summed E-state index contributed by atoms with van der Waals surface area (Å²) < 4.78 is 167. The van der Waals surface area contributed by atoms with Gasteiger partial charge in [0.25, 0.3) is 0 Å². The molecule has 0 atom stereocenters. The molecule has 5 rings (SSSR count). The van der Waals surface area contributed by atoms with Crippen molar-refractivity contribution in [3.8, 4) is 33.4 Å². The summed E-state index contributed by atoms with van der Waals surface area (Å²) in [6.07, 6.45) is -19.8. The van der Waals surface area contributed by atoms with Crippen molar-refractivity contribution in [3.05, 3.63) is 119 Å². The van der Waals surface area contributed by atoms with E-state index in [1.807, 2.05) is 0 Å². The van der Waals surface area contributed by atoms with E-state index >= 15 is 0 Å². The second-order valence-corrected chi connectivity index (χ2v) is 9.81. The minimum Gasteiger partial charge on any atom is -0.166 e. The van der Waals surface area contributed by atoms with Crippen LogP contribution in [-0.4, -0.2) is 0 Å². The van der Waals surface area contributed by atoms with Crippen LogP contribution in [0.25, 0.3) is 44.2 Å². The molecule has 12 heteroatoms. The predicted octanol–water partition coefficient (Wildman–Crippen LogP) is 11.9. The van der Waals surface area contributed by atoms with Crippen LogP contribution in [0.15, 0.2) is 97.1 Å². The van der Waals surface area contributed by atoms with Gasteiger partial charge < -0.3 is 0 Å². The summed E-state index contributed by atoms with van der Waals surface area (Å²) in [5, 5.41) is -0.849. The number of halogens is 12. The van der Waals surface area contributed by atoms with E-state index in [4.69, 9.17) is 0 Å². The quantitative estimate of drug-likeness (QED) is 0.175. The number of fused-ring (bicyclic) bond motifs is 1. The van der Waals surface area contributed by atoms with Crippen molar-refractivity contribution < 1.29 is 52.7 Å². The van der Waals surface area contributed by atoms with Crippen molar-refractivity contribution in [2.75, 3.05) is 0 Å². The molecule has 0 radical (unpaired) electrons. The highest BCUT2D eigenvalue weighted by Crippen LogP contribution is 2.50. The SMILES string of the molecule is FC(F)(F)c1cccc(-c2cc3cccc(C(F)(F)F)c3c(-c3cccc(C(F)(F)F)c3)c2-c2cccc(C(F)(F)F)c2)c1. The normalized spacial score (nSPS) is 13.0.